The Balaban J connectivity index is 1.44. The summed E-state index contributed by atoms with van der Waals surface area (Å²) in [6.07, 6.45) is 13.6. The minimum absolute atomic E-state index is 0.00335. The van der Waals surface area contributed by atoms with E-state index in [4.69, 9.17) is 4.74 Å². The van der Waals surface area contributed by atoms with E-state index in [0.717, 1.165) is 51.4 Å². The smallest absolute Gasteiger partial charge is 0.306 e. The fourth-order valence-corrected chi connectivity index (χ4v) is 13.1. The molecule has 10 atom stereocenters. The molecule has 5 aliphatic rings. The van der Waals surface area contributed by atoms with Crippen molar-refractivity contribution < 1.29 is 24.2 Å². The largest absolute Gasteiger partial charge is 0.481 e. The van der Waals surface area contributed by atoms with E-state index in [9.17, 15) is 19.5 Å². The normalized spacial score (nSPS) is 45.0. The molecule has 4 unspecified atom stereocenters. The van der Waals surface area contributed by atoms with Crippen molar-refractivity contribution in [2.45, 2.75) is 158 Å². The number of carbonyl (C=O) groups is 3. The molecule has 0 aromatic rings. The average Bonchev–Trinajstić information content (AvgIpc) is 3.34. The number of carbonyl (C=O) groups excluding carboxylic acids is 2. The number of carboxylic acids is 1. The number of esters is 1. The Morgan fingerprint density at radius 1 is 0.791 bits per heavy atom. The maximum Gasteiger partial charge on any atom is 0.306 e. The molecule has 0 heterocycles. The van der Waals surface area contributed by atoms with Gasteiger partial charge in [-0.2, -0.15) is 0 Å². The minimum atomic E-state index is -0.855. The number of hydrogen-bond acceptors (Lipinski definition) is 4. The average molecular weight is 599 g/mol. The summed E-state index contributed by atoms with van der Waals surface area (Å²) in [6.45, 7) is 19.4. The summed E-state index contributed by atoms with van der Waals surface area (Å²) in [7, 11) is 0. The molecule has 5 rings (SSSR count). The van der Waals surface area contributed by atoms with Gasteiger partial charge in [0.1, 0.15) is 11.9 Å². The summed E-state index contributed by atoms with van der Waals surface area (Å²) in [5, 5.41) is 9.40. The van der Waals surface area contributed by atoms with Crippen LogP contribution in [0.2, 0.25) is 0 Å². The van der Waals surface area contributed by atoms with E-state index in [0.29, 0.717) is 41.9 Å². The second kappa shape index (κ2) is 11.4. The zero-order valence-electron chi connectivity index (χ0n) is 28.7. The Morgan fingerprint density at radius 3 is 2.16 bits per heavy atom. The zero-order valence-corrected chi connectivity index (χ0v) is 28.7. The van der Waals surface area contributed by atoms with Gasteiger partial charge in [-0.05, 0) is 122 Å². The Labute approximate surface area is 262 Å². The van der Waals surface area contributed by atoms with Crippen molar-refractivity contribution in [1.82, 2.24) is 0 Å². The van der Waals surface area contributed by atoms with Crippen molar-refractivity contribution in [2.24, 2.45) is 62.6 Å². The molecule has 0 bridgehead atoms. The number of Topliss-reactive ketones (excluding diaryl/α,β-unsaturated/α-hetero) is 1. The van der Waals surface area contributed by atoms with E-state index in [1.807, 2.05) is 0 Å². The molecule has 244 valence electrons. The SMILES string of the molecule is CCCCC(=O)O[C@@H]1CC[C@@]2(C)C(CC[C@]3(C)C2CCC2C4[C@H](C(C)C)CC[C@]4(C(=O)CCC(=O)O)CC[C@]23C)C1(C)C. The number of ketones is 1. The number of rotatable bonds is 9. The summed E-state index contributed by atoms with van der Waals surface area (Å²) in [5.74, 6) is 2.53. The number of ether oxygens (including phenoxy) is 1. The molecule has 5 heteroatoms. The number of unbranched alkanes of at least 4 members (excludes halogenated alkanes) is 1. The fraction of sp³-hybridized carbons (Fsp3) is 0.921. The molecule has 0 aliphatic heterocycles. The molecule has 0 spiro atoms. The highest BCUT2D eigenvalue weighted by Gasteiger charge is 2.72. The van der Waals surface area contributed by atoms with Crippen LogP contribution >= 0.6 is 0 Å². The lowest BCUT2D eigenvalue weighted by atomic mass is 9.32. The quantitative estimate of drug-likeness (QED) is 0.268. The Bertz CT molecular complexity index is 1090. The number of carboxylic acid groups (broad SMARTS) is 1. The highest BCUT2D eigenvalue weighted by molar-refractivity contribution is 5.88. The van der Waals surface area contributed by atoms with E-state index in [2.05, 4.69) is 55.4 Å². The molecule has 0 aromatic carbocycles. The lowest BCUT2D eigenvalue weighted by Gasteiger charge is -2.73. The third-order valence-electron chi connectivity index (χ3n) is 15.4. The zero-order chi connectivity index (χ0) is 31.6. The van der Waals surface area contributed by atoms with Crippen molar-refractivity contribution in [2.75, 3.05) is 0 Å². The van der Waals surface area contributed by atoms with Crippen LogP contribution in [0.3, 0.4) is 0 Å². The Morgan fingerprint density at radius 2 is 1.51 bits per heavy atom. The first-order chi connectivity index (χ1) is 20.1. The standard InChI is InChI=1S/C38H62O5/c1-9-10-11-32(42)43-30-18-19-35(6)27(34(30,4)5)17-20-37(8)28(35)13-12-26-33-25(24(2)3)16-21-38(33,23-22-36(26,37)7)29(39)14-15-31(40)41/h24-28,30,33H,9-23H2,1-8H3,(H,40,41)/t25-,26?,27?,28?,30+,33?,35-,36+,37+,38+/m0/s1. The summed E-state index contributed by atoms with van der Waals surface area (Å²) in [4.78, 5) is 38.2. The molecule has 5 fully saturated rings. The van der Waals surface area contributed by atoms with E-state index >= 15 is 0 Å². The van der Waals surface area contributed by atoms with Gasteiger partial charge in [-0.1, -0.05) is 61.8 Å². The van der Waals surface area contributed by atoms with Gasteiger partial charge in [0.2, 0.25) is 0 Å². The molecule has 5 nitrogen and oxygen atoms in total. The second-order valence-electron chi connectivity index (χ2n) is 17.6. The highest BCUT2D eigenvalue weighted by Crippen LogP contribution is 2.77. The van der Waals surface area contributed by atoms with Crippen LogP contribution in [-0.4, -0.2) is 28.9 Å². The maximum atomic E-state index is 14.0. The molecule has 0 radical (unpaired) electrons. The second-order valence-corrected chi connectivity index (χ2v) is 17.6. The first-order valence-corrected chi connectivity index (χ1v) is 18.0. The number of aliphatic carboxylic acids is 1. The summed E-state index contributed by atoms with van der Waals surface area (Å²) in [5.41, 5.74) is 0.245. The summed E-state index contributed by atoms with van der Waals surface area (Å²) < 4.78 is 6.21. The van der Waals surface area contributed by atoms with Gasteiger partial charge in [0, 0.05) is 23.7 Å². The molecule has 1 N–H and O–H groups in total. The lowest BCUT2D eigenvalue weighted by molar-refractivity contribution is -0.250. The van der Waals surface area contributed by atoms with Crippen LogP contribution in [0.4, 0.5) is 0 Å². The van der Waals surface area contributed by atoms with Crippen molar-refractivity contribution in [3.05, 3.63) is 0 Å². The molecule has 5 aliphatic carbocycles. The molecular weight excluding hydrogens is 536 g/mol. The first-order valence-electron chi connectivity index (χ1n) is 18.0. The third kappa shape index (κ3) is 4.95. The molecular formula is C38H62O5. The van der Waals surface area contributed by atoms with Crippen molar-refractivity contribution in [1.29, 1.82) is 0 Å². The number of fused-ring (bicyclic) bond motifs is 7. The topological polar surface area (TPSA) is 80.7 Å². The van der Waals surface area contributed by atoms with E-state index in [1.54, 1.807) is 0 Å². The predicted molar refractivity (Wildman–Crippen MR) is 170 cm³/mol. The molecule has 0 amide bonds. The van der Waals surface area contributed by atoms with Gasteiger partial charge in [0.15, 0.2) is 0 Å². The Hall–Kier alpha value is -1.39. The molecule has 43 heavy (non-hydrogen) atoms. The van der Waals surface area contributed by atoms with Gasteiger partial charge in [0.25, 0.3) is 0 Å². The Kier molecular flexibility index (Phi) is 8.78. The van der Waals surface area contributed by atoms with Crippen molar-refractivity contribution in [3.63, 3.8) is 0 Å². The molecule has 0 aromatic heterocycles. The van der Waals surface area contributed by atoms with E-state index in [1.165, 1.54) is 25.7 Å². The van der Waals surface area contributed by atoms with Gasteiger partial charge in [-0.15, -0.1) is 0 Å². The highest BCUT2D eigenvalue weighted by atomic mass is 16.5. The minimum Gasteiger partial charge on any atom is -0.481 e. The van der Waals surface area contributed by atoms with Gasteiger partial charge < -0.3 is 9.84 Å². The van der Waals surface area contributed by atoms with Gasteiger partial charge in [0.05, 0.1) is 6.42 Å². The van der Waals surface area contributed by atoms with Crippen LogP contribution in [0.5, 0.6) is 0 Å². The maximum absolute atomic E-state index is 14.0. The van der Waals surface area contributed by atoms with Crippen LogP contribution in [0.25, 0.3) is 0 Å². The van der Waals surface area contributed by atoms with Gasteiger partial charge >= 0.3 is 11.9 Å². The van der Waals surface area contributed by atoms with Crippen LogP contribution in [0.1, 0.15) is 152 Å². The summed E-state index contributed by atoms with van der Waals surface area (Å²) >= 11 is 0. The lowest BCUT2D eigenvalue weighted by Crippen LogP contribution is -2.67. The van der Waals surface area contributed by atoms with E-state index < -0.39 is 5.97 Å². The fourth-order valence-electron chi connectivity index (χ4n) is 13.1. The van der Waals surface area contributed by atoms with Crippen molar-refractivity contribution in [3.8, 4) is 0 Å². The van der Waals surface area contributed by atoms with Gasteiger partial charge in [-0.3, -0.25) is 14.4 Å². The van der Waals surface area contributed by atoms with Crippen molar-refractivity contribution >= 4 is 17.7 Å². The van der Waals surface area contributed by atoms with Crippen LogP contribution in [0.15, 0.2) is 0 Å². The van der Waals surface area contributed by atoms with Crippen LogP contribution in [0, 0.1) is 62.6 Å². The summed E-state index contributed by atoms with van der Waals surface area (Å²) in [6, 6.07) is 0. The first kappa shape index (κ1) is 33.0. The third-order valence-corrected chi connectivity index (χ3v) is 15.4. The number of hydrogen-bond donors (Lipinski definition) is 1. The predicted octanol–water partition coefficient (Wildman–Crippen LogP) is 9.26. The van der Waals surface area contributed by atoms with Crippen LogP contribution in [-0.2, 0) is 19.1 Å². The van der Waals surface area contributed by atoms with Crippen LogP contribution < -0.4 is 0 Å². The van der Waals surface area contributed by atoms with Gasteiger partial charge in [-0.25, -0.2) is 0 Å². The monoisotopic (exact) mass is 598 g/mol. The van der Waals surface area contributed by atoms with E-state index in [-0.39, 0.29) is 57.8 Å². The molecule has 5 saturated carbocycles. The molecule has 0 saturated heterocycles.